The molecule has 1 rings (SSSR count). The lowest BCUT2D eigenvalue weighted by Crippen LogP contribution is -2.30. The average molecular weight is 199 g/mol. The van der Waals surface area contributed by atoms with Gasteiger partial charge in [-0.05, 0) is 18.6 Å². The van der Waals surface area contributed by atoms with Crippen molar-refractivity contribution >= 4 is 5.78 Å². The summed E-state index contributed by atoms with van der Waals surface area (Å²) in [6.45, 7) is 1.73. The molecule has 0 amide bonds. The van der Waals surface area contributed by atoms with Crippen LogP contribution in [0.2, 0.25) is 0 Å². The van der Waals surface area contributed by atoms with Crippen molar-refractivity contribution in [2.45, 2.75) is 19.4 Å². The first-order chi connectivity index (χ1) is 6.56. The van der Waals surface area contributed by atoms with Gasteiger partial charge < -0.3 is 5.73 Å². The average Bonchev–Trinajstić information content (AvgIpc) is 2.15. The minimum Gasteiger partial charge on any atom is -0.321 e. The van der Waals surface area contributed by atoms with E-state index in [1.165, 1.54) is 0 Å². The van der Waals surface area contributed by atoms with E-state index in [-0.39, 0.29) is 5.56 Å². The van der Waals surface area contributed by atoms with Gasteiger partial charge in [0.05, 0.1) is 11.6 Å². The lowest BCUT2D eigenvalue weighted by Gasteiger charge is -2.07. The Bertz CT molecular complexity index is 352. The third-order valence-electron chi connectivity index (χ3n) is 1.97. The van der Waals surface area contributed by atoms with Crippen LogP contribution in [0.15, 0.2) is 18.2 Å². The number of rotatable bonds is 3. The predicted octanol–water partition coefficient (Wildman–Crippen LogP) is 1.88. The normalized spacial score (nSPS) is 12.6. The van der Waals surface area contributed by atoms with Crippen molar-refractivity contribution in [2.24, 2.45) is 5.73 Å². The molecule has 4 heteroatoms. The standard InChI is InChI=1S/C10H11F2NO/c1-2-9(13)10(14)7-4-3-6(11)5-8(7)12/h3-5,9H,2,13H2,1H3. The van der Waals surface area contributed by atoms with Crippen LogP contribution in [-0.4, -0.2) is 11.8 Å². The van der Waals surface area contributed by atoms with Crippen LogP contribution in [0.5, 0.6) is 0 Å². The molecule has 0 fully saturated rings. The van der Waals surface area contributed by atoms with Crippen LogP contribution in [0.25, 0.3) is 0 Å². The van der Waals surface area contributed by atoms with Crippen LogP contribution in [0, 0.1) is 11.6 Å². The van der Waals surface area contributed by atoms with Gasteiger partial charge in [-0.25, -0.2) is 8.78 Å². The zero-order valence-electron chi connectivity index (χ0n) is 7.76. The fourth-order valence-electron chi connectivity index (χ4n) is 1.07. The second kappa shape index (κ2) is 4.28. The van der Waals surface area contributed by atoms with Crippen molar-refractivity contribution in [1.29, 1.82) is 0 Å². The van der Waals surface area contributed by atoms with E-state index in [0.717, 1.165) is 12.1 Å². The van der Waals surface area contributed by atoms with E-state index in [1.54, 1.807) is 6.92 Å². The summed E-state index contributed by atoms with van der Waals surface area (Å²) in [5.74, 6) is -2.06. The second-order valence-electron chi connectivity index (χ2n) is 3.00. The molecule has 0 spiro atoms. The van der Waals surface area contributed by atoms with Gasteiger partial charge in [0.25, 0.3) is 0 Å². The smallest absolute Gasteiger partial charge is 0.182 e. The van der Waals surface area contributed by atoms with Crippen molar-refractivity contribution in [1.82, 2.24) is 0 Å². The number of ketones is 1. The molecular formula is C10H11F2NO. The van der Waals surface area contributed by atoms with Crippen LogP contribution < -0.4 is 5.73 Å². The van der Waals surface area contributed by atoms with Gasteiger partial charge in [-0.15, -0.1) is 0 Å². The molecule has 0 radical (unpaired) electrons. The number of hydrogen-bond acceptors (Lipinski definition) is 2. The minimum absolute atomic E-state index is 0.152. The number of carbonyl (C=O) groups excluding carboxylic acids is 1. The highest BCUT2D eigenvalue weighted by Gasteiger charge is 2.17. The number of nitrogens with two attached hydrogens (primary N) is 1. The molecule has 0 saturated carbocycles. The molecular weight excluding hydrogens is 188 g/mol. The minimum atomic E-state index is -0.862. The second-order valence-corrected chi connectivity index (χ2v) is 3.00. The maximum absolute atomic E-state index is 13.1. The molecule has 76 valence electrons. The molecule has 14 heavy (non-hydrogen) atoms. The Balaban J connectivity index is 3.02. The zero-order chi connectivity index (χ0) is 10.7. The summed E-state index contributed by atoms with van der Waals surface area (Å²) < 4.78 is 25.6. The first-order valence-electron chi connectivity index (χ1n) is 4.31. The Labute approximate surface area is 80.7 Å². The van der Waals surface area contributed by atoms with Crippen molar-refractivity contribution < 1.29 is 13.6 Å². The Morgan fingerprint density at radius 2 is 2.14 bits per heavy atom. The fraction of sp³-hybridized carbons (Fsp3) is 0.300. The number of Topliss-reactive ketones (excluding diaryl/α,β-unsaturated/α-hetero) is 1. The van der Waals surface area contributed by atoms with Gasteiger partial charge in [0.1, 0.15) is 11.6 Å². The summed E-state index contributed by atoms with van der Waals surface area (Å²) in [7, 11) is 0. The van der Waals surface area contributed by atoms with Gasteiger partial charge in [0, 0.05) is 6.07 Å². The number of carbonyl (C=O) groups is 1. The van der Waals surface area contributed by atoms with Crippen molar-refractivity contribution in [2.75, 3.05) is 0 Å². The summed E-state index contributed by atoms with van der Waals surface area (Å²) >= 11 is 0. The molecule has 0 saturated heterocycles. The van der Waals surface area contributed by atoms with Crippen molar-refractivity contribution in [3.63, 3.8) is 0 Å². The SMILES string of the molecule is CCC(N)C(=O)c1ccc(F)cc1F. The van der Waals surface area contributed by atoms with Gasteiger partial charge in [0.2, 0.25) is 0 Å². The molecule has 1 unspecified atom stereocenters. The Morgan fingerprint density at radius 3 is 2.64 bits per heavy atom. The summed E-state index contributed by atoms with van der Waals surface area (Å²) in [6.07, 6.45) is 0.426. The van der Waals surface area contributed by atoms with Crippen LogP contribution >= 0.6 is 0 Å². The van der Waals surface area contributed by atoms with E-state index in [1.807, 2.05) is 0 Å². The molecule has 1 atom stereocenters. The van der Waals surface area contributed by atoms with Gasteiger partial charge in [-0.2, -0.15) is 0 Å². The van der Waals surface area contributed by atoms with Crippen LogP contribution in [-0.2, 0) is 0 Å². The topological polar surface area (TPSA) is 43.1 Å². The molecule has 2 N–H and O–H groups in total. The highest BCUT2D eigenvalue weighted by molar-refractivity contribution is 6.00. The molecule has 1 aromatic rings. The Morgan fingerprint density at radius 1 is 1.50 bits per heavy atom. The summed E-state index contributed by atoms with van der Waals surface area (Å²) in [5.41, 5.74) is 5.29. The highest BCUT2D eigenvalue weighted by atomic mass is 19.1. The molecule has 1 aromatic carbocycles. The maximum atomic E-state index is 13.1. The molecule has 0 aliphatic heterocycles. The van der Waals surface area contributed by atoms with E-state index in [9.17, 15) is 13.6 Å². The predicted molar refractivity (Wildman–Crippen MR) is 49.0 cm³/mol. The first-order valence-corrected chi connectivity index (χ1v) is 4.31. The van der Waals surface area contributed by atoms with Gasteiger partial charge >= 0.3 is 0 Å². The van der Waals surface area contributed by atoms with Gasteiger partial charge in [-0.3, -0.25) is 4.79 Å². The van der Waals surface area contributed by atoms with Crippen molar-refractivity contribution in [3.05, 3.63) is 35.4 Å². The molecule has 0 heterocycles. The molecule has 0 aliphatic carbocycles. The van der Waals surface area contributed by atoms with Gasteiger partial charge in [-0.1, -0.05) is 6.92 Å². The first kappa shape index (κ1) is 10.8. The van der Waals surface area contributed by atoms with Gasteiger partial charge in [0.15, 0.2) is 5.78 Å². The fourth-order valence-corrected chi connectivity index (χ4v) is 1.07. The molecule has 0 aliphatic rings. The van der Waals surface area contributed by atoms with E-state index in [4.69, 9.17) is 5.73 Å². The summed E-state index contributed by atoms with van der Waals surface area (Å²) in [5, 5.41) is 0. The largest absolute Gasteiger partial charge is 0.321 e. The zero-order valence-corrected chi connectivity index (χ0v) is 7.76. The lowest BCUT2D eigenvalue weighted by molar-refractivity contribution is 0.0955. The van der Waals surface area contributed by atoms with E-state index in [2.05, 4.69) is 0 Å². The van der Waals surface area contributed by atoms with E-state index in [0.29, 0.717) is 12.5 Å². The van der Waals surface area contributed by atoms with E-state index < -0.39 is 23.5 Å². The number of hydrogen-bond donors (Lipinski definition) is 1. The van der Waals surface area contributed by atoms with E-state index >= 15 is 0 Å². The number of benzene rings is 1. The third-order valence-corrected chi connectivity index (χ3v) is 1.97. The maximum Gasteiger partial charge on any atom is 0.182 e. The van der Waals surface area contributed by atoms with Crippen LogP contribution in [0.3, 0.4) is 0 Å². The summed E-state index contributed by atoms with van der Waals surface area (Å²) in [6, 6.07) is 2.10. The monoisotopic (exact) mass is 199 g/mol. The molecule has 2 nitrogen and oxygen atoms in total. The molecule has 0 aromatic heterocycles. The third kappa shape index (κ3) is 2.14. The highest BCUT2D eigenvalue weighted by Crippen LogP contribution is 2.12. The quantitative estimate of drug-likeness (QED) is 0.755. The van der Waals surface area contributed by atoms with Crippen LogP contribution in [0.1, 0.15) is 23.7 Å². The Kier molecular flexibility index (Phi) is 3.30. The summed E-state index contributed by atoms with van der Waals surface area (Å²) in [4.78, 5) is 11.4. The molecule has 0 bridgehead atoms. The Hall–Kier alpha value is -1.29. The lowest BCUT2D eigenvalue weighted by atomic mass is 10.0. The number of halogens is 2. The van der Waals surface area contributed by atoms with Crippen molar-refractivity contribution in [3.8, 4) is 0 Å². The van der Waals surface area contributed by atoms with Crippen LogP contribution in [0.4, 0.5) is 8.78 Å².